The molecule has 0 bridgehead atoms. The summed E-state index contributed by atoms with van der Waals surface area (Å²) >= 11 is 0. The van der Waals surface area contributed by atoms with Crippen LogP contribution in [0.2, 0.25) is 0 Å². The van der Waals surface area contributed by atoms with Gasteiger partial charge in [-0.15, -0.1) is 0 Å². The molecule has 3 N–H and O–H groups in total. The summed E-state index contributed by atoms with van der Waals surface area (Å²) in [6.45, 7) is 1.35. The van der Waals surface area contributed by atoms with Gasteiger partial charge in [0.05, 0.1) is 11.6 Å². The fourth-order valence-corrected chi connectivity index (χ4v) is 2.67. The summed E-state index contributed by atoms with van der Waals surface area (Å²) in [4.78, 5) is 11.7. The zero-order chi connectivity index (χ0) is 11.4. The average Bonchev–Trinajstić information content (AvgIpc) is 2.80. The summed E-state index contributed by atoms with van der Waals surface area (Å²) in [5, 5.41) is 16.3. The Labute approximate surface area is 96.8 Å². The maximum absolute atomic E-state index is 11.7. The first kappa shape index (κ1) is 11.9. The lowest BCUT2D eigenvalue weighted by Crippen LogP contribution is -2.48. The summed E-state index contributed by atoms with van der Waals surface area (Å²) in [6.07, 6.45) is 7.01. The Morgan fingerprint density at radius 2 is 2.06 bits per heavy atom. The minimum atomic E-state index is -0.646. The second-order valence-corrected chi connectivity index (χ2v) is 5.15. The van der Waals surface area contributed by atoms with Crippen molar-refractivity contribution in [1.82, 2.24) is 10.6 Å². The normalized spacial score (nSPS) is 28.9. The van der Waals surface area contributed by atoms with Crippen LogP contribution >= 0.6 is 0 Å². The molecule has 1 saturated carbocycles. The molecule has 0 radical (unpaired) electrons. The molecular weight excluding hydrogens is 204 g/mol. The fourth-order valence-electron chi connectivity index (χ4n) is 2.67. The summed E-state index contributed by atoms with van der Waals surface area (Å²) in [6, 6.07) is -0.0350. The first-order valence-electron chi connectivity index (χ1n) is 6.43. The lowest BCUT2D eigenvalue weighted by molar-refractivity contribution is -0.124. The van der Waals surface area contributed by atoms with Gasteiger partial charge in [-0.25, -0.2) is 0 Å². The molecule has 1 heterocycles. The van der Waals surface area contributed by atoms with Gasteiger partial charge in [-0.2, -0.15) is 0 Å². The number of rotatable bonds is 3. The maximum Gasteiger partial charge on any atom is 0.237 e. The van der Waals surface area contributed by atoms with Gasteiger partial charge in [0.15, 0.2) is 0 Å². The molecule has 2 aliphatic rings. The number of hydrogen-bond donors (Lipinski definition) is 3. The summed E-state index contributed by atoms with van der Waals surface area (Å²) < 4.78 is 0. The van der Waals surface area contributed by atoms with Crippen molar-refractivity contribution in [3.63, 3.8) is 0 Å². The molecule has 4 nitrogen and oxygen atoms in total. The molecule has 0 aromatic rings. The van der Waals surface area contributed by atoms with Crippen molar-refractivity contribution in [2.45, 2.75) is 56.6 Å². The number of carbonyl (C=O) groups excluding carboxylic acids is 1. The predicted octanol–water partition coefficient (Wildman–Crippen LogP) is 0.550. The van der Waals surface area contributed by atoms with Crippen LogP contribution in [0.4, 0.5) is 0 Å². The Balaban J connectivity index is 1.75. The number of aliphatic hydroxyl groups is 1. The molecule has 0 unspecified atom stereocenters. The summed E-state index contributed by atoms with van der Waals surface area (Å²) in [5.41, 5.74) is -0.646. The molecule has 1 saturated heterocycles. The van der Waals surface area contributed by atoms with Crippen molar-refractivity contribution < 1.29 is 9.90 Å². The van der Waals surface area contributed by atoms with Crippen LogP contribution in [0.1, 0.15) is 44.9 Å². The standard InChI is InChI=1S/C12H22N2O2/c15-11(10-5-4-8-13-10)14-9-12(16)6-2-1-3-7-12/h10,13,16H,1-9H2,(H,14,15)/t10-/m0/s1. The van der Waals surface area contributed by atoms with E-state index in [4.69, 9.17) is 0 Å². The van der Waals surface area contributed by atoms with Gasteiger partial charge in [-0.1, -0.05) is 19.3 Å². The fraction of sp³-hybridized carbons (Fsp3) is 0.917. The Kier molecular flexibility index (Phi) is 3.82. The Morgan fingerprint density at radius 3 is 2.69 bits per heavy atom. The van der Waals surface area contributed by atoms with E-state index in [1.165, 1.54) is 6.42 Å². The summed E-state index contributed by atoms with van der Waals surface area (Å²) in [5.74, 6) is 0.0523. The molecule has 4 heteroatoms. The van der Waals surface area contributed by atoms with Gasteiger partial charge in [0.25, 0.3) is 0 Å². The lowest BCUT2D eigenvalue weighted by atomic mass is 9.85. The van der Waals surface area contributed by atoms with Gasteiger partial charge in [-0.3, -0.25) is 4.79 Å². The monoisotopic (exact) mass is 226 g/mol. The van der Waals surface area contributed by atoms with E-state index in [1.54, 1.807) is 0 Å². The van der Waals surface area contributed by atoms with Crippen molar-refractivity contribution in [3.8, 4) is 0 Å². The highest BCUT2D eigenvalue weighted by Crippen LogP contribution is 2.27. The highest BCUT2D eigenvalue weighted by molar-refractivity contribution is 5.82. The van der Waals surface area contributed by atoms with Crippen LogP contribution in [-0.2, 0) is 4.79 Å². The quantitative estimate of drug-likeness (QED) is 0.658. The molecule has 1 atom stereocenters. The SMILES string of the molecule is O=C(NCC1(O)CCCCC1)[C@@H]1CCCN1. The minimum absolute atomic E-state index is 0.0350. The average molecular weight is 226 g/mol. The highest BCUT2D eigenvalue weighted by atomic mass is 16.3. The van der Waals surface area contributed by atoms with Crippen molar-refractivity contribution in [1.29, 1.82) is 0 Å². The number of nitrogens with one attached hydrogen (secondary N) is 2. The molecule has 1 amide bonds. The third kappa shape index (κ3) is 2.95. The smallest absolute Gasteiger partial charge is 0.237 e. The molecule has 1 aliphatic heterocycles. The number of carbonyl (C=O) groups is 1. The molecule has 16 heavy (non-hydrogen) atoms. The molecule has 0 aromatic carbocycles. The van der Waals surface area contributed by atoms with Crippen molar-refractivity contribution in [3.05, 3.63) is 0 Å². The van der Waals surface area contributed by atoms with Crippen LogP contribution in [0.15, 0.2) is 0 Å². The highest BCUT2D eigenvalue weighted by Gasteiger charge is 2.31. The summed E-state index contributed by atoms with van der Waals surface area (Å²) in [7, 11) is 0. The zero-order valence-corrected chi connectivity index (χ0v) is 9.80. The van der Waals surface area contributed by atoms with E-state index in [0.717, 1.165) is 45.1 Å². The van der Waals surface area contributed by atoms with Crippen LogP contribution in [0.25, 0.3) is 0 Å². The van der Waals surface area contributed by atoms with Crippen molar-refractivity contribution in [2.75, 3.05) is 13.1 Å². The molecule has 92 valence electrons. The molecule has 1 aliphatic carbocycles. The van der Waals surface area contributed by atoms with Crippen LogP contribution in [0.5, 0.6) is 0 Å². The number of amides is 1. The largest absolute Gasteiger partial charge is 0.388 e. The first-order valence-corrected chi connectivity index (χ1v) is 6.43. The van der Waals surface area contributed by atoms with Gasteiger partial charge in [0.1, 0.15) is 0 Å². The zero-order valence-electron chi connectivity index (χ0n) is 9.80. The maximum atomic E-state index is 11.7. The van der Waals surface area contributed by atoms with E-state index < -0.39 is 5.60 Å². The molecule has 2 fully saturated rings. The van der Waals surface area contributed by atoms with Crippen molar-refractivity contribution >= 4 is 5.91 Å². The second-order valence-electron chi connectivity index (χ2n) is 5.15. The van der Waals surface area contributed by atoms with Crippen LogP contribution in [0.3, 0.4) is 0 Å². The van der Waals surface area contributed by atoms with Crippen LogP contribution in [-0.4, -0.2) is 35.7 Å². The minimum Gasteiger partial charge on any atom is -0.388 e. The second kappa shape index (κ2) is 5.15. The lowest BCUT2D eigenvalue weighted by Gasteiger charge is -2.32. The van der Waals surface area contributed by atoms with Crippen LogP contribution in [0, 0.1) is 0 Å². The van der Waals surface area contributed by atoms with Gasteiger partial charge >= 0.3 is 0 Å². The van der Waals surface area contributed by atoms with Gasteiger partial charge in [0, 0.05) is 6.54 Å². The molecular formula is C12H22N2O2. The van der Waals surface area contributed by atoms with Crippen LogP contribution < -0.4 is 10.6 Å². The third-order valence-corrected chi connectivity index (χ3v) is 3.75. The Hall–Kier alpha value is -0.610. The predicted molar refractivity (Wildman–Crippen MR) is 62.1 cm³/mol. The Bertz CT molecular complexity index is 243. The van der Waals surface area contributed by atoms with E-state index >= 15 is 0 Å². The van der Waals surface area contributed by atoms with E-state index in [2.05, 4.69) is 10.6 Å². The van der Waals surface area contributed by atoms with Gasteiger partial charge in [-0.05, 0) is 32.2 Å². The number of hydrogen-bond acceptors (Lipinski definition) is 3. The van der Waals surface area contributed by atoms with Gasteiger partial charge in [0.2, 0.25) is 5.91 Å². The van der Waals surface area contributed by atoms with E-state index in [0.29, 0.717) is 6.54 Å². The third-order valence-electron chi connectivity index (χ3n) is 3.75. The first-order chi connectivity index (χ1) is 7.70. The topological polar surface area (TPSA) is 61.4 Å². The van der Waals surface area contributed by atoms with E-state index in [-0.39, 0.29) is 11.9 Å². The Morgan fingerprint density at radius 1 is 1.31 bits per heavy atom. The molecule has 0 spiro atoms. The molecule has 2 rings (SSSR count). The van der Waals surface area contributed by atoms with E-state index in [9.17, 15) is 9.90 Å². The van der Waals surface area contributed by atoms with Gasteiger partial charge < -0.3 is 15.7 Å². The van der Waals surface area contributed by atoms with E-state index in [1.807, 2.05) is 0 Å². The molecule has 0 aromatic heterocycles. The van der Waals surface area contributed by atoms with Crippen molar-refractivity contribution in [2.24, 2.45) is 0 Å².